The maximum atomic E-state index is 6.15. The number of hydrogen-bond donors (Lipinski definition) is 0. The van der Waals surface area contributed by atoms with Crippen LogP contribution >= 0.6 is 0 Å². The average Bonchev–Trinajstić information content (AvgIpc) is 2.96. The molecule has 0 aromatic heterocycles. The quantitative estimate of drug-likeness (QED) is 0.131. The highest BCUT2D eigenvalue weighted by Gasteiger charge is 2.22. The molecule has 0 radical (unpaired) electrons. The van der Waals surface area contributed by atoms with Crippen LogP contribution in [0.2, 0.25) is 6.32 Å². The van der Waals surface area contributed by atoms with Gasteiger partial charge in [0.05, 0.1) is 0 Å². The minimum Gasteiger partial charge on any atom is -0.411 e. The van der Waals surface area contributed by atoms with E-state index in [1.54, 1.807) is 0 Å². The Bertz CT molecular complexity index is 827. The van der Waals surface area contributed by atoms with E-state index in [4.69, 9.17) is 27.9 Å². The first-order chi connectivity index (χ1) is 19.2. The Morgan fingerprint density at radius 1 is 0.513 bits per heavy atom. The molecule has 0 bridgehead atoms. The predicted molar refractivity (Wildman–Crippen MR) is 164 cm³/mol. The highest BCUT2D eigenvalue weighted by Crippen LogP contribution is 2.08. The second-order valence-electron chi connectivity index (χ2n) is 9.72. The van der Waals surface area contributed by atoms with Crippen molar-refractivity contribution in [1.82, 2.24) is 0 Å². The third-order valence-corrected chi connectivity index (χ3v) is 6.32. The summed E-state index contributed by atoms with van der Waals surface area (Å²) in [6.45, 7) is 12.1. The molecule has 2 aromatic carbocycles. The van der Waals surface area contributed by atoms with Gasteiger partial charge in [0, 0.05) is 39.6 Å². The van der Waals surface area contributed by atoms with E-state index in [1.807, 2.05) is 44.2 Å². The monoisotopic (exact) mass is 538 g/mol. The molecule has 39 heavy (non-hydrogen) atoms. The molecule has 0 amide bonds. The molecular weight excluding hydrogens is 489 g/mol. The first kappa shape index (κ1) is 33.6. The molecule has 2 aromatic rings. The smallest absolute Gasteiger partial charge is 0.411 e. The Morgan fingerprint density at radius 2 is 1.03 bits per heavy atom. The molecule has 2 rings (SSSR count). The van der Waals surface area contributed by atoms with Crippen LogP contribution in [0.1, 0.15) is 71.3 Å². The molecule has 9 heteroatoms. The van der Waals surface area contributed by atoms with Crippen molar-refractivity contribution in [2.24, 2.45) is 0 Å². The Hall–Kier alpha value is -1.61. The Balaban J connectivity index is 1.67. The molecular formula is C30H49B3O6. The molecule has 214 valence electrons. The molecule has 0 aliphatic heterocycles. The van der Waals surface area contributed by atoms with E-state index >= 15 is 0 Å². The maximum absolute atomic E-state index is 6.15. The van der Waals surface area contributed by atoms with Crippen LogP contribution in [0.4, 0.5) is 0 Å². The van der Waals surface area contributed by atoms with Crippen LogP contribution in [0.3, 0.4) is 0 Å². The van der Waals surface area contributed by atoms with E-state index in [0.717, 1.165) is 49.3 Å². The third-order valence-electron chi connectivity index (χ3n) is 6.32. The summed E-state index contributed by atoms with van der Waals surface area (Å²) in [5, 5.41) is 0. The summed E-state index contributed by atoms with van der Waals surface area (Å²) in [7, 11) is -0.796. The van der Waals surface area contributed by atoms with E-state index < -0.39 is 0 Å². The molecule has 0 saturated carbocycles. The van der Waals surface area contributed by atoms with E-state index in [9.17, 15) is 0 Å². The fourth-order valence-corrected chi connectivity index (χ4v) is 4.12. The van der Waals surface area contributed by atoms with Crippen LogP contribution in [0.15, 0.2) is 54.6 Å². The normalized spacial score (nSPS) is 11.1. The van der Waals surface area contributed by atoms with Crippen molar-refractivity contribution < 1.29 is 27.9 Å². The Labute approximate surface area is 238 Å². The zero-order chi connectivity index (χ0) is 28.0. The molecule has 0 spiro atoms. The fraction of sp³-hybridized carbons (Fsp3) is 0.600. The van der Waals surface area contributed by atoms with Crippen molar-refractivity contribution >= 4 is 32.3 Å². The second kappa shape index (κ2) is 22.1. The van der Waals surface area contributed by atoms with Gasteiger partial charge in [0.15, 0.2) is 0 Å². The van der Waals surface area contributed by atoms with Crippen molar-refractivity contribution in [1.29, 1.82) is 0 Å². The molecule has 0 aliphatic rings. The summed E-state index contributed by atoms with van der Waals surface area (Å²) in [5.74, 6) is 0. The Morgan fingerprint density at radius 3 is 1.56 bits per heavy atom. The minimum absolute atomic E-state index is 0.0902. The van der Waals surface area contributed by atoms with Gasteiger partial charge in [0.1, 0.15) is 0 Å². The van der Waals surface area contributed by atoms with Gasteiger partial charge in [-0.2, -0.15) is 0 Å². The van der Waals surface area contributed by atoms with Crippen molar-refractivity contribution in [2.45, 2.75) is 79.0 Å². The maximum Gasteiger partial charge on any atom is 0.493 e. The SMILES string of the molecule is CCCCCB(OCC)OCCCCOB(OCCCCOB(OCC)c1ccc(C)cc1)c1ccccc1. The van der Waals surface area contributed by atoms with Gasteiger partial charge in [0.2, 0.25) is 0 Å². The average molecular weight is 538 g/mol. The summed E-state index contributed by atoms with van der Waals surface area (Å²) in [4.78, 5) is 0. The lowest BCUT2D eigenvalue weighted by Crippen LogP contribution is -2.38. The largest absolute Gasteiger partial charge is 0.493 e. The zero-order valence-electron chi connectivity index (χ0n) is 24.8. The zero-order valence-corrected chi connectivity index (χ0v) is 24.8. The van der Waals surface area contributed by atoms with Gasteiger partial charge in [0.25, 0.3) is 0 Å². The number of hydrogen-bond acceptors (Lipinski definition) is 6. The van der Waals surface area contributed by atoms with Crippen molar-refractivity contribution in [3.05, 3.63) is 60.2 Å². The van der Waals surface area contributed by atoms with E-state index in [2.05, 4.69) is 38.1 Å². The van der Waals surface area contributed by atoms with Crippen LogP contribution in [0.5, 0.6) is 0 Å². The van der Waals surface area contributed by atoms with Crippen LogP contribution in [-0.4, -0.2) is 61.0 Å². The molecule has 0 heterocycles. The van der Waals surface area contributed by atoms with Gasteiger partial charge < -0.3 is 27.9 Å². The van der Waals surface area contributed by atoms with Crippen molar-refractivity contribution in [3.8, 4) is 0 Å². The lowest BCUT2D eigenvalue weighted by molar-refractivity contribution is 0.175. The molecule has 0 N–H and O–H groups in total. The van der Waals surface area contributed by atoms with Gasteiger partial charge in [-0.3, -0.25) is 0 Å². The number of benzene rings is 2. The summed E-state index contributed by atoms with van der Waals surface area (Å²) in [6.07, 6.45) is 8.13. The molecule has 0 aliphatic carbocycles. The number of rotatable bonds is 24. The standard InChI is InChI=1S/C30H49B3O6/c1-5-8-12-23-31(34-6-2)36-24-13-14-26-38-33(29-17-10-9-11-18-29)39-27-16-15-25-37-32(35-7-3)30-21-19-28(4)20-22-30/h9-11,17-22H,5-8,12-16,23-27H2,1-4H3. The van der Waals surface area contributed by atoms with E-state index in [1.165, 1.54) is 18.4 Å². The van der Waals surface area contributed by atoms with Crippen LogP contribution in [-0.2, 0) is 27.9 Å². The number of aryl methyl sites for hydroxylation is 1. The predicted octanol–water partition coefficient (Wildman–Crippen LogP) is 5.46. The molecule has 0 fully saturated rings. The van der Waals surface area contributed by atoms with Crippen molar-refractivity contribution in [3.63, 3.8) is 0 Å². The lowest BCUT2D eigenvalue weighted by Gasteiger charge is -2.17. The van der Waals surface area contributed by atoms with E-state index in [-0.39, 0.29) is 21.4 Å². The number of unbranched alkanes of at least 4 members (excludes halogenated alkanes) is 4. The van der Waals surface area contributed by atoms with Gasteiger partial charge in [-0.15, -0.1) is 0 Å². The van der Waals surface area contributed by atoms with Crippen LogP contribution < -0.4 is 10.9 Å². The third kappa shape index (κ3) is 15.1. The highest BCUT2D eigenvalue weighted by molar-refractivity contribution is 6.61. The molecule has 0 atom stereocenters. The van der Waals surface area contributed by atoms with Gasteiger partial charge >= 0.3 is 21.4 Å². The lowest BCUT2D eigenvalue weighted by atomic mass is 9.78. The summed E-state index contributed by atoms with van der Waals surface area (Å²) >= 11 is 0. The Kier molecular flexibility index (Phi) is 19.1. The second-order valence-corrected chi connectivity index (χ2v) is 9.72. The van der Waals surface area contributed by atoms with Gasteiger partial charge in [-0.1, -0.05) is 86.3 Å². The molecule has 0 unspecified atom stereocenters. The fourth-order valence-electron chi connectivity index (χ4n) is 4.12. The van der Waals surface area contributed by atoms with Crippen LogP contribution in [0.25, 0.3) is 0 Å². The highest BCUT2D eigenvalue weighted by atomic mass is 16.6. The topological polar surface area (TPSA) is 55.4 Å². The summed E-state index contributed by atoms with van der Waals surface area (Å²) in [5.41, 5.74) is 3.31. The minimum atomic E-state index is -0.373. The molecule has 0 saturated heterocycles. The van der Waals surface area contributed by atoms with E-state index in [0.29, 0.717) is 39.6 Å². The summed E-state index contributed by atoms with van der Waals surface area (Å²) in [6, 6.07) is 18.4. The van der Waals surface area contributed by atoms with Gasteiger partial charge in [-0.05, 0) is 63.7 Å². The molecule has 6 nitrogen and oxygen atoms in total. The van der Waals surface area contributed by atoms with Crippen LogP contribution in [0, 0.1) is 6.92 Å². The summed E-state index contributed by atoms with van der Waals surface area (Å²) < 4.78 is 35.8. The van der Waals surface area contributed by atoms with Crippen molar-refractivity contribution in [2.75, 3.05) is 39.6 Å². The first-order valence-corrected chi connectivity index (χ1v) is 15.0. The first-order valence-electron chi connectivity index (χ1n) is 15.0. The van der Waals surface area contributed by atoms with Gasteiger partial charge in [-0.25, -0.2) is 0 Å².